The molecule has 4 heteroatoms. The number of rotatable bonds is 16. The predicted octanol–water partition coefficient (Wildman–Crippen LogP) is 6.08. The van der Waals surface area contributed by atoms with Crippen molar-refractivity contribution in [3.8, 4) is 0 Å². The molecule has 0 aliphatic carbocycles. The molecule has 0 fully saturated rings. The molecular weight excluding hydrogens is 308 g/mol. The fourth-order valence-electron chi connectivity index (χ4n) is 2.43. The summed E-state index contributed by atoms with van der Waals surface area (Å²) >= 11 is 0. The van der Waals surface area contributed by atoms with Crippen molar-refractivity contribution in [2.45, 2.75) is 90.4 Å². The number of hydrogen-bond donors (Lipinski definition) is 1. The summed E-state index contributed by atoms with van der Waals surface area (Å²) in [4.78, 5) is 0. The first kappa shape index (κ1) is 22.4. The zero-order chi connectivity index (χ0) is 17.2. The van der Waals surface area contributed by atoms with Gasteiger partial charge in [-0.25, -0.2) is 0 Å². The molecule has 0 aromatic rings. The Morgan fingerprint density at radius 1 is 0.652 bits per heavy atom. The lowest BCUT2D eigenvalue weighted by atomic mass is 10.1. The third-order valence-electron chi connectivity index (χ3n) is 3.84. The lowest BCUT2D eigenvalue weighted by Crippen LogP contribution is -2.01. The Labute approximate surface area is 144 Å². The second kappa shape index (κ2) is 16.3. The van der Waals surface area contributed by atoms with Crippen LogP contribution >= 0.6 is 0 Å². The second-order valence-electron chi connectivity index (χ2n) is 6.21. The highest BCUT2D eigenvalue weighted by molar-refractivity contribution is 7.85. The molecule has 0 unspecified atom stereocenters. The molecular formula is C19H36O3S. The zero-order valence-electron chi connectivity index (χ0n) is 14.9. The molecule has 0 spiro atoms. The van der Waals surface area contributed by atoms with Crippen molar-refractivity contribution in [3.05, 3.63) is 24.3 Å². The Hall–Kier alpha value is -0.610. The van der Waals surface area contributed by atoms with Gasteiger partial charge < -0.3 is 0 Å². The summed E-state index contributed by atoms with van der Waals surface area (Å²) in [5.41, 5.74) is 0. The molecule has 0 rings (SSSR count). The molecule has 0 saturated carbocycles. The summed E-state index contributed by atoms with van der Waals surface area (Å²) in [6.45, 7) is 2.25. The first-order valence-electron chi connectivity index (χ1n) is 9.31. The van der Waals surface area contributed by atoms with Crippen LogP contribution in [0.1, 0.15) is 90.4 Å². The van der Waals surface area contributed by atoms with E-state index in [4.69, 9.17) is 4.55 Å². The van der Waals surface area contributed by atoms with Gasteiger partial charge in [0.25, 0.3) is 10.1 Å². The van der Waals surface area contributed by atoms with Crippen molar-refractivity contribution in [1.29, 1.82) is 0 Å². The third kappa shape index (κ3) is 21.4. The molecule has 23 heavy (non-hydrogen) atoms. The van der Waals surface area contributed by atoms with Crippen LogP contribution in [0.4, 0.5) is 0 Å². The normalized spacial score (nSPS) is 12.6. The van der Waals surface area contributed by atoms with Crippen LogP contribution in [-0.2, 0) is 10.1 Å². The molecule has 1 N–H and O–H groups in total. The molecule has 0 aliphatic heterocycles. The topological polar surface area (TPSA) is 54.4 Å². The minimum Gasteiger partial charge on any atom is -0.286 e. The minimum absolute atomic E-state index is 0.174. The van der Waals surface area contributed by atoms with Gasteiger partial charge in [-0.05, 0) is 44.9 Å². The summed E-state index contributed by atoms with van der Waals surface area (Å²) in [6, 6.07) is 0. The van der Waals surface area contributed by atoms with Gasteiger partial charge in [0.15, 0.2) is 0 Å². The quantitative estimate of drug-likeness (QED) is 0.210. The second-order valence-corrected chi connectivity index (χ2v) is 7.78. The largest absolute Gasteiger partial charge is 0.286 e. The maximum atomic E-state index is 10.5. The van der Waals surface area contributed by atoms with Crippen LogP contribution in [0.5, 0.6) is 0 Å². The lowest BCUT2D eigenvalue weighted by Gasteiger charge is -1.98. The van der Waals surface area contributed by atoms with E-state index in [1.54, 1.807) is 0 Å². The summed E-state index contributed by atoms with van der Waals surface area (Å²) < 4.78 is 29.6. The fourth-order valence-corrected chi connectivity index (χ4v) is 2.87. The van der Waals surface area contributed by atoms with Gasteiger partial charge in [-0.1, -0.05) is 69.8 Å². The van der Waals surface area contributed by atoms with E-state index in [2.05, 4.69) is 19.1 Å². The molecule has 0 atom stereocenters. The van der Waals surface area contributed by atoms with Gasteiger partial charge in [-0.15, -0.1) is 0 Å². The van der Waals surface area contributed by atoms with E-state index >= 15 is 0 Å². The van der Waals surface area contributed by atoms with Gasteiger partial charge in [-0.3, -0.25) is 4.55 Å². The summed E-state index contributed by atoms with van der Waals surface area (Å²) in [7, 11) is -3.80. The monoisotopic (exact) mass is 344 g/mol. The van der Waals surface area contributed by atoms with Crippen LogP contribution in [0, 0.1) is 0 Å². The standard InChI is InChI=1S/C19H36O3S/c1-2-3-4-5-6-7-8-9-10-11-12-13-14-15-16-17-18-19-23(20,21)22/h9-10,16-17H,2-8,11-15,18-19H2,1H3,(H,20,21,22). The third-order valence-corrected chi connectivity index (χ3v) is 4.59. The predicted molar refractivity (Wildman–Crippen MR) is 100 cm³/mol. The van der Waals surface area contributed by atoms with E-state index in [9.17, 15) is 8.42 Å². The maximum absolute atomic E-state index is 10.5. The highest BCUT2D eigenvalue weighted by Crippen LogP contribution is 2.08. The Morgan fingerprint density at radius 2 is 1.04 bits per heavy atom. The van der Waals surface area contributed by atoms with Gasteiger partial charge >= 0.3 is 0 Å². The zero-order valence-corrected chi connectivity index (χ0v) is 15.7. The Balaban J connectivity index is 3.23. The molecule has 0 heterocycles. The van der Waals surface area contributed by atoms with E-state index in [1.165, 1.54) is 64.2 Å². The molecule has 3 nitrogen and oxygen atoms in total. The first-order valence-corrected chi connectivity index (χ1v) is 10.9. The van der Waals surface area contributed by atoms with E-state index in [1.807, 2.05) is 12.2 Å². The SMILES string of the molecule is CCCCCCCCC=CCCCCCC=CCCS(=O)(=O)O. The average molecular weight is 345 g/mol. The highest BCUT2D eigenvalue weighted by Gasteiger charge is 2.00. The Kier molecular flexibility index (Phi) is 15.8. The number of allylic oxidation sites excluding steroid dienone is 4. The smallest absolute Gasteiger partial charge is 0.265 e. The maximum Gasteiger partial charge on any atom is 0.265 e. The van der Waals surface area contributed by atoms with Crippen LogP contribution in [0.25, 0.3) is 0 Å². The molecule has 0 bridgehead atoms. The number of unbranched alkanes of at least 4 members (excludes halogenated alkanes) is 10. The van der Waals surface area contributed by atoms with Crippen LogP contribution in [0.15, 0.2) is 24.3 Å². The van der Waals surface area contributed by atoms with Gasteiger partial charge in [-0.2, -0.15) is 8.42 Å². The van der Waals surface area contributed by atoms with Gasteiger partial charge in [0.05, 0.1) is 5.75 Å². The summed E-state index contributed by atoms with van der Waals surface area (Å²) in [5.74, 6) is -0.174. The minimum atomic E-state index is -3.80. The molecule has 0 radical (unpaired) electrons. The van der Waals surface area contributed by atoms with Crippen LogP contribution in [-0.4, -0.2) is 18.7 Å². The molecule has 0 aliphatic rings. The molecule has 0 aromatic heterocycles. The van der Waals surface area contributed by atoms with Crippen molar-refractivity contribution >= 4 is 10.1 Å². The highest BCUT2D eigenvalue weighted by atomic mass is 32.2. The number of hydrogen-bond acceptors (Lipinski definition) is 2. The Bertz CT molecular complexity index is 397. The van der Waals surface area contributed by atoms with E-state index in [-0.39, 0.29) is 5.75 Å². The first-order chi connectivity index (χ1) is 11.1. The van der Waals surface area contributed by atoms with Gasteiger partial charge in [0, 0.05) is 0 Å². The van der Waals surface area contributed by atoms with Gasteiger partial charge in [0.2, 0.25) is 0 Å². The lowest BCUT2D eigenvalue weighted by molar-refractivity contribution is 0.483. The average Bonchev–Trinajstić information content (AvgIpc) is 2.49. The molecule has 0 saturated heterocycles. The van der Waals surface area contributed by atoms with Crippen molar-refractivity contribution in [2.75, 3.05) is 5.75 Å². The molecule has 0 amide bonds. The summed E-state index contributed by atoms with van der Waals surface area (Å²) in [5, 5.41) is 0. The van der Waals surface area contributed by atoms with E-state index in [0.717, 1.165) is 12.8 Å². The van der Waals surface area contributed by atoms with Crippen LogP contribution in [0.3, 0.4) is 0 Å². The van der Waals surface area contributed by atoms with Crippen LogP contribution in [0.2, 0.25) is 0 Å². The van der Waals surface area contributed by atoms with Crippen molar-refractivity contribution in [2.24, 2.45) is 0 Å². The van der Waals surface area contributed by atoms with Crippen molar-refractivity contribution in [1.82, 2.24) is 0 Å². The summed E-state index contributed by atoms with van der Waals surface area (Å²) in [6.07, 6.45) is 24.1. The molecule has 136 valence electrons. The molecule has 0 aromatic carbocycles. The van der Waals surface area contributed by atoms with Crippen molar-refractivity contribution < 1.29 is 13.0 Å². The van der Waals surface area contributed by atoms with E-state index < -0.39 is 10.1 Å². The van der Waals surface area contributed by atoms with Crippen molar-refractivity contribution in [3.63, 3.8) is 0 Å². The van der Waals surface area contributed by atoms with Gasteiger partial charge in [0.1, 0.15) is 0 Å². The Morgan fingerprint density at radius 3 is 1.52 bits per heavy atom. The van der Waals surface area contributed by atoms with Crippen LogP contribution < -0.4 is 0 Å². The fraction of sp³-hybridized carbons (Fsp3) is 0.789. The van der Waals surface area contributed by atoms with E-state index in [0.29, 0.717) is 6.42 Å².